The highest BCUT2D eigenvalue weighted by molar-refractivity contribution is 5.86. The highest BCUT2D eigenvalue weighted by atomic mass is 16.5. The molecule has 2 aliphatic rings. The van der Waals surface area contributed by atoms with Crippen LogP contribution in [-0.2, 0) is 0 Å². The first-order valence-corrected chi connectivity index (χ1v) is 11.5. The molecule has 32 heavy (non-hydrogen) atoms. The lowest BCUT2D eigenvalue weighted by atomic mass is 9.95. The van der Waals surface area contributed by atoms with E-state index in [9.17, 15) is 4.79 Å². The maximum absolute atomic E-state index is 12.6. The number of aromatic nitrogens is 3. The Hall–Kier alpha value is -3.16. The average Bonchev–Trinajstić information content (AvgIpc) is 3.34. The lowest BCUT2D eigenvalue weighted by Gasteiger charge is -2.32. The number of pyridine rings is 1. The quantitative estimate of drug-likeness (QED) is 0.648. The van der Waals surface area contributed by atoms with Gasteiger partial charge in [-0.3, -0.25) is 0 Å². The highest BCUT2D eigenvalue weighted by Crippen LogP contribution is 2.30. The fourth-order valence-electron chi connectivity index (χ4n) is 4.78. The fraction of sp³-hybridized carbons (Fsp3) is 0.500. The Labute approximate surface area is 187 Å². The van der Waals surface area contributed by atoms with E-state index in [0.29, 0.717) is 36.5 Å². The van der Waals surface area contributed by atoms with Crippen LogP contribution in [0, 0.1) is 0 Å². The molecule has 1 aliphatic carbocycles. The molecule has 0 atom stereocenters. The Morgan fingerprint density at radius 3 is 2.66 bits per heavy atom. The summed E-state index contributed by atoms with van der Waals surface area (Å²) < 4.78 is 11.0. The van der Waals surface area contributed by atoms with E-state index < -0.39 is 0 Å². The second-order valence-corrected chi connectivity index (χ2v) is 8.73. The Balaban J connectivity index is 1.22. The summed E-state index contributed by atoms with van der Waals surface area (Å²) in [7, 11) is 1.65. The van der Waals surface area contributed by atoms with Crippen molar-refractivity contribution >= 4 is 16.9 Å². The molecule has 8 nitrogen and oxygen atoms in total. The van der Waals surface area contributed by atoms with Gasteiger partial charge in [-0.25, -0.2) is 9.78 Å². The number of fused-ring (bicyclic) bond motifs is 1. The number of nitrogens with zero attached hydrogens (tertiary/aromatic N) is 4. The summed E-state index contributed by atoms with van der Waals surface area (Å²) >= 11 is 0. The van der Waals surface area contributed by atoms with Crippen molar-refractivity contribution in [3.05, 3.63) is 36.2 Å². The molecular formula is C24H29N5O3. The fourth-order valence-corrected chi connectivity index (χ4v) is 4.78. The molecule has 5 rings (SSSR count). The molecule has 1 saturated carbocycles. The SMILES string of the molecule is COc1cccc2nc(-c3noc(C4CCN(C(=O)NC5CCCCC5)CC4)n3)ccc12. The van der Waals surface area contributed by atoms with E-state index in [-0.39, 0.29) is 11.9 Å². The lowest BCUT2D eigenvalue weighted by Crippen LogP contribution is -2.48. The van der Waals surface area contributed by atoms with Crippen LogP contribution in [0.3, 0.4) is 0 Å². The summed E-state index contributed by atoms with van der Waals surface area (Å²) in [6, 6.07) is 10.0. The molecule has 168 valence electrons. The first kappa shape index (κ1) is 20.7. The third-order valence-corrected chi connectivity index (χ3v) is 6.65. The zero-order valence-corrected chi connectivity index (χ0v) is 18.4. The topological polar surface area (TPSA) is 93.4 Å². The van der Waals surface area contributed by atoms with E-state index >= 15 is 0 Å². The van der Waals surface area contributed by atoms with Crippen LogP contribution in [-0.4, -0.2) is 52.3 Å². The van der Waals surface area contributed by atoms with Gasteiger partial charge in [-0.2, -0.15) is 4.98 Å². The highest BCUT2D eigenvalue weighted by Gasteiger charge is 2.29. The van der Waals surface area contributed by atoms with E-state index in [1.54, 1.807) is 7.11 Å². The van der Waals surface area contributed by atoms with Crippen molar-refractivity contribution in [3.8, 4) is 17.3 Å². The van der Waals surface area contributed by atoms with Crippen molar-refractivity contribution in [1.29, 1.82) is 0 Å². The maximum atomic E-state index is 12.6. The molecule has 2 fully saturated rings. The van der Waals surface area contributed by atoms with Gasteiger partial charge < -0.3 is 19.5 Å². The molecule has 1 N–H and O–H groups in total. The van der Waals surface area contributed by atoms with Crippen LogP contribution in [0.5, 0.6) is 5.75 Å². The largest absolute Gasteiger partial charge is 0.496 e. The van der Waals surface area contributed by atoms with Crippen LogP contribution < -0.4 is 10.1 Å². The summed E-state index contributed by atoms with van der Waals surface area (Å²) in [5.41, 5.74) is 1.50. The molecule has 3 aromatic rings. The molecule has 0 unspecified atom stereocenters. The van der Waals surface area contributed by atoms with E-state index in [0.717, 1.165) is 42.3 Å². The molecule has 1 aromatic carbocycles. The van der Waals surface area contributed by atoms with E-state index in [1.165, 1.54) is 19.3 Å². The molecule has 2 aromatic heterocycles. The molecular weight excluding hydrogens is 406 g/mol. The van der Waals surface area contributed by atoms with Crippen molar-refractivity contribution < 1.29 is 14.1 Å². The smallest absolute Gasteiger partial charge is 0.317 e. The van der Waals surface area contributed by atoms with Crippen molar-refractivity contribution in [2.75, 3.05) is 20.2 Å². The summed E-state index contributed by atoms with van der Waals surface area (Å²) in [5.74, 6) is 2.06. The number of benzene rings is 1. The van der Waals surface area contributed by atoms with Crippen LogP contribution in [0.4, 0.5) is 4.79 Å². The molecule has 1 aliphatic heterocycles. The zero-order valence-electron chi connectivity index (χ0n) is 18.4. The number of amides is 2. The molecule has 2 amide bonds. The van der Waals surface area contributed by atoms with Crippen LogP contribution in [0.1, 0.15) is 56.8 Å². The van der Waals surface area contributed by atoms with Crippen molar-refractivity contribution in [1.82, 2.24) is 25.3 Å². The number of hydrogen-bond donors (Lipinski definition) is 1. The Kier molecular flexibility index (Phi) is 5.92. The summed E-state index contributed by atoms with van der Waals surface area (Å²) in [6.07, 6.45) is 7.56. The normalized spacial score (nSPS) is 18.1. The molecule has 3 heterocycles. The first-order chi connectivity index (χ1) is 15.7. The van der Waals surface area contributed by atoms with Crippen LogP contribution >= 0.6 is 0 Å². The Morgan fingerprint density at radius 1 is 1.06 bits per heavy atom. The van der Waals surface area contributed by atoms with Gasteiger partial charge in [0.1, 0.15) is 11.4 Å². The van der Waals surface area contributed by atoms with E-state index in [4.69, 9.17) is 9.26 Å². The van der Waals surface area contributed by atoms with Gasteiger partial charge in [0.25, 0.3) is 0 Å². The van der Waals surface area contributed by atoms with Crippen LogP contribution in [0.15, 0.2) is 34.9 Å². The minimum absolute atomic E-state index is 0.0670. The Bertz CT molecular complexity index is 1080. The van der Waals surface area contributed by atoms with Crippen molar-refractivity contribution in [2.45, 2.75) is 56.9 Å². The number of ether oxygens (including phenoxy) is 1. The van der Waals surface area contributed by atoms with Gasteiger partial charge in [0.2, 0.25) is 11.7 Å². The van der Waals surface area contributed by atoms with E-state index in [1.807, 2.05) is 35.2 Å². The molecule has 0 radical (unpaired) electrons. The maximum Gasteiger partial charge on any atom is 0.317 e. The molecule has 0 bridgehead atoms. The second kappa shape index (κ2) is 9.14. The predicted molar refractivity (Wildman–Crippen MR) is 121 cm³/mol. The van der Waals surface area contributed by atoms with Crippen LogP contribution in [0.25, 0.3) is 22.4 Å². The summed E-state index contributed by atoms with van der Waals surface area (Å²) in [5, 5.41) is 8.33. The number of hydrogen-bond acceptors (Lipinski definition) is 6. The van der Waals surface area contributed by atoms with E-state index in [2.05, 4.69) is 20.4 Å². The average molecular weight is 436 g/mol. The van der Waals surface area contributed by atoms with Crippen LogP contribution in [0.2, 0.25) is 0 Å². The number of methoxy groups -OCH3 is 1. The zero-order chi connectivity index (χ0) is 21.9. The van der Waals surface area contributed by atoms with Gasteiger partial charge in [0.15, 0.2) is 0 Å². The number of rotatable bonds is 4. The van der Waals surface area contributed by atoms with Gasteiger partial charge in [-0.15, -0.1) is 0 Å². The lowest BCUT2D eigenvalue weighted by molar-refractivity contribution is 0.169. The number of carbonyl (C=O) groups is 1. The third-order valence-electron chi connectivity index (χ3n) is 6.65. The van der Waals surface area contributed by atoms with Gasteiger partial charge >= 0.3 is 6.03 Å². The number of nitrogens with one attached hydrogen (secondary N) is 1. The van der Waals surface area contributed by atoms with Gasteiger partial charge in [0.05, 0.1) is 12.6 Å². The predicted octanol–water partition coefficient (Wildman–Crippen LogP) is 4.52. The second-order valence-electron chi connectivity index (χ2n) is 8.73. The monoisotopic (exact) mass is 435 g/mol. The summed E-state index contributed by atoms with van der Waals surface area (Å²) in [4.78, 5) is 23.8. The van der Waals surface area contributed by atoms with Gasteiger partial charge in [0, 0.05) is 30.4 Å². The van der Waals surface area contributed by atoms with Crippen molar-refractivity contribution in [2.24, 2.45) is 0 Å². The molecule has 0 spiro atoms. The number of carbonyl (C=O) groups excluding carboxylic acids is 1. The van der Waals surface area contributed by atoms with Gasteiger partial charge in [-0.1, -0.05) is 30.5 Å². The van der Waals surface area contributed by atoms with Gasteiger partial charge in [-0.05, 0) is 49.9 Å². The number of urea groups is 1. The van der Waals surface area contributed by atoms with Crippen molar-refractivity contribution in [3.63, 3.8) is 0 Å². The first-order valence-electron chi connectivity index (χ1n) is 11.5. The third kappa shape index (κ3) is 4.26. The summed E-state index contributed by atoms with van der Waals surface area (Å²) in [6.45, 7) is 1.41. The molecule has 1 saturated heterocycles. The minimum atomic E-state index is 0.0670. The minimum Gasteiger partial charge on any atom is -0.496 e. The number of likely N-dealkylation sites (tertiary alicyclic amines) is 1. The standard InChI is InChI=1S/C24H29N5O3/c1-31-21-9-5-8-19-18(21)10-11-20(26-19)22-27-23(32-28-22)16-12-14-29(15-13-16)24(30)25-17-6-3-2-4-7-17/h5,8-11,16-17H,2-4,6-7,12-15H2,1H3,(H,25,30). The Morgan fingerprint density at radius 2 is 1.88 bits per heavy atom. The molecule has 8 heteroatoms. The number of piperidine rings is 1.